The Balaban J connectivity index is 1.70. The van der Waals surface area contributed by atoms with Crippen LogP contribution in [0.15, 0.2) is 0 Å². The van der Waals surface area contributed by atoms with Crippen LogP contribution in [-0.4, -0.2) is 34.5 Å². The molecule has 2 rings (SSSR count). The second-order valence-corrected chi connectivity index (χ2v) is 5.91. The van der Waals surface area contributed by atoms with Crippen LogP contribution >= 0.6 is 0 Å². The highest BCUT2D eigenvalue weighted by molar-refractivity contribution is 5.70. The third kappa shape index (κ3) is 3.69. The molecule has 2 aliphatic rings. The van der Waals surface area contributed by atoms with E-state index in [1.807, 2.05) is 0 Å². The van der Waals surface area contributed by atoms with Gasteiger partial charge >= 0.3 is 5.97 Å². The molecule has 104 valence electrons. The highest BCUT2D eigenvalue weighted by atomic mass is 16.5. The maximum Gasteiger partial charge on any atom is 0.306 e. The van der Waals surface area contributed by atoms with Crippen LogP contribution in [0.1, 0.15) is 57.8 Å². The number of aliphatic hydroxyl groups is 1. The van der Waals surface area contributed by atoms with Gasteiger partial charge in [0.2, 0.25) is 0 Å². The van der Waals surface area contributed by atoms with E-state index in [1.54, 1.807) is 0 Å². The smallest absolute Gasteiger partial charge is 0.306 e. The van der Waals surface area contributed by atoms with Gasteiger partial charge in [-0.3, -0.25) is 4.79 Å². The minimum atomic E-state index is -0.681. The molecule has 0 aromatic rings. The van der Waals surface area contributed by atoms with Gasteiger partial charge in [0.15, 0.2) is 0 Å². The van der Waals surface area contributed by atoms with Crippen LogP contribution in [0, 0.1) is 5.92 Å². The van der Waals surface area contributed by atoms with Crippen molar-refractivity contribution < 1.29 is 19.7 Å². The molecule has 0 bridgehead atoms. The Morgan fingerprint density at radius 2 is 1.72 bits per heavy atom. The van der Waals surface area contributed by atoms with Gasteiger partial charge < -0.3 is 14.9 Å². The van der Waals surface area contributed by atoms with E-state index in [1.165, 1.54) is 6.42 Å². The largest absolute Gasteiger partial charge is 0.481 e. The molecule has 0 unspecified atom stereocenters. The average molecular weight is 256 g/mol. The molecule has 0 aromatic carbocycles. The molecular weight excluding hydrogens is 232 g/mol. The Kier molecular flexibility index (Phi) is 4.62. The Bertz CT molecular complexity index is 276. The number of carboxylic acid groups (broad SMARTS) is 1. The third-order valence-electron chi connectivity index (χ3n) is 4.40. The maximum atomic E-state index is 10.8. The third-order valence-corrected chi connectivity index (χ3v) is 4.40. The average Bonchev–Trinajstić information content (AvgIpc) is 2.38. The van der Waals surface area contributed by atoms with Crippen LogP contribution in [0.3, 0.4) is 0 Å². The summed E-state index contributed by atoms with van der Waals surface area (Å²) in [5, 5.41) is 19.2. The molecule has 0 saturated heterocycles. The van der Waals surface area contributed by atoms with E-state index >= 15 is 0 Å². The topological polar surface area (TPSA) is 66.8 Å². The molecule has 18 heavy (non-hydrogen) atoms. The quantitative estimate of drug-likeness (QED) is 0.810. The zero-order valence-electron chi connectivity index (χ0n) is 10.9. The summed E-state index contributed by atoms with van der Waals surface area (Å²) in [4.78, 5) is 10.8. The lowest BCUT2D eigenvalue weighted by molar-refractivity contribution is -0.145. The number of rotatable bonds is 4. The zero-order valence-corrected chi connectivity index (χ0v) is 10.9. The lowest BCUT2D eigenvalue weighted by Crippen LogP contribution is -2.39. The number of carbonyl (C=O) groups is 1. The fourth-order valence-electron chi connectivity index (χ4n) is 3.10. The molecule has 4 nitrogen and oxygen atoms in total. The van der Waals surface area contributed by atoms with Crippen molar-refractivity contribution in [3.05, 3.63) is 0 Å². The monoisotopic (exact) mass is 256 g/mol. The summed E-state index contributed by atoms with van der Waals surface area (Å²) in [6.45, 7) is 0.426. The van der Waals surface area contributed by atoms with Crippen LogP contribution in [0.25, 0.3) is 0 Å². The number of aliphatic carboxylic acids is 1. The Hall–Kier alpha value is -0.610. The lowest BCUT2D eigenvalue weighted by atomic mass is 9.85. The molecular formula is C14H24O4. The molecule has 0 heterocycles. The molecule has 4 heteroatoms. The predicted molar refractivity (Wildman–Crippen MR) is 67.4 cm³/mol. The Morgan fingerprint density at radius 1 is 1.11 bits per heavy atom. The van der Waals surface area contributed by atoms with Crippen molar-refractivity contribution in [2.75, 3.05) is 6.61 Å². The summed E-state index contributed by atoms with van der Waals surface area (Å²) >= 11 is 0. The minimum Gasteiger partial charge on any atom is -0.481 e. The molecule has 2 fully saturated rings. The Morgan fingerprint density at radius 3 is 2.28 bits per heavy atom. The number of ether oxygens (including phenoxy) is 1. The first-order valence-electron chi connectivity index (χ1n) is 7.16. The SMILES string of the molecule is O=C(O)C1CCC(OCC2(O)CCCCC2)CC1. The maximum absolute atomic E-state index is 10.8. The van der Waals surface area contributed by atoms with Gasteiger partial charge in [0.25, 0.3) is 0 Å². The minimum absolute atomic E-state index is 0.145. The number of hydrogen-bond acceptors (Lipinski definition) is 3. The van der Waals surface area contributed by atoms with Gasteiger partial charge in [-0.2, -0.15) is 0 Å². The van der Waals surface area contributed by atoms with E-state index in [4.69, 9.17) is 9.84 Å². The van der Waals surface area contributed by atoms with Crippen molar-refractivity contribution in [3.63, 3.8) is 0 Å². The molecule has 0 aliphatic heterocycles. The van der Waals surface area contributed by atoms with Crippen molar-refractivity contribution in [1.82, 2.24) is 0 Å². The molecule has 0 spiro atoms. The normalized spacial score (nSPS) is 32.1. The molecule has 2 aliphatic carbocycles. The van der Waals surface area contributed by atoms with Gasteiger partial charge in [0, 0.05) is 0 Å². The van der Waals surface area contributed by atoms with Crippen molar-refractivity contribution in [2.45, 2.75) is 69.5 Å². The number of hydrogen-bond donors (Lipinski definition) is 2. The first-order valence-corrected chi connectivity index (χ1v) is 7.16. The summed E-state index contributed by atoms with van der Waals surface area (Å²) in [6.07, 6.45) is 8.27. The van der Waals surface area contributed by atoms with Crippen LogP contribution in [0.4, 0.5) is 0 Å². The molecule has 2 saturated carbocycles. The lowest BCUT2D eigenvalue weighted by Gasteiger charge is -2.34. The van der Waals surface area contributed by atoms with E-state index in [9.17, 15) is 9.90 Å². The summed E-state index contributed by atoms with van der Waals surface area (Å²) in [5.74, 6) is -0.873. The second-order valence-electron chi connectivity index (χ2n) is 5.91. The van der Waals surface area contributed by atoms with E-state index in [-0.39, 0.29) is 12.0 Å². The van der Waals surface area contributed by atoms with Gasteiger partial charge in [-0.15, -0.1) is 0 Å². The van der Waals surface area contributed by atoms with Crippen LogP contribution in [0.5, 0.6) is 0 Å². The first-order chi connectivity index (χ1) is 8.59. The highest BCUT2D eigenvalue weighted by Gasteiger charge is 2.32. The van der Waals surface area contributed by atoms with Gasteiger partial charge in [0.05, 0.1) is 24.2 Å². The van der Waals surface area contributed by atoms with Crippen molar-refractivity contribution in [2.24, 2.45) is 5.92 Å². The molecule has 0 radical (unpaired) electrons. The molecule has 0 atom stereocenters. The van der Waals surface area contributed by atoms with E-state index in [0.717, 1.165) is 38.5 Å². The Labute approximate surface area is 108 Å². The van der Waals surface area contributed by atoms with Crippen molar-refractivity contribution in [1.29, 1.82) is 0 Å². The van der Waals surface area contributed by atoms with Crippen molar-refractivity contribution in [3.8, 4) is 0 Å². The summed E-state index contributed by atoms with van der Waals surface area (Å²) in [7, 11) is 0. The predicted octanol–water partition coefficient (Wildman–Crippen LogP) is 2.34. The highest BCUT2D eigenvalue weighted by Crippen LogP contribution is 2.31. The summed E-state index contributed by atoms with van der Waals surface area (Å²) in [6, 6.07) is 0. The molecule has 0 aromatic heterocycles. The summed E-state index contributed by atoms with van der Waals surface area (Å²) < 4.78 is 5.81. The number of carboxylic acids is 1. The zero-order chi connectivity index (χ0) is 13.0. The first kappa shape index (κ1) is 13.8. The van der Waals surface area contributed by atoms with Crippen LogP contribution < -0.4 is 0 Å². The fraction of sp³-hybridized carbons (Fsp3) is 0.929. The van der Waals surface area contributed by atoms with E-state index < -0.39 is 11.6 Å². The summed E-state index contributed by atoms with van der Waals surface area (Å²) in [5.41, 5.74) is -0.623. The van der Waals surface area contributed by atoms with Gasteiger partial charge in [-0.05, 0) is 38.5 Å². The standard InChI is InChI=1S/C14H24O4/c15-13(16)11-4-6-12(7-5-11)18-10-14(17)8-2-1-3-9-14/h11-12,17H,1-10H2,(H,15,16). The second kappa shape index (κ2) is 6.02. The van der Waals surface area contributed by atoms with Crippen LogP contribution in [-0.2, 0) is 9.53 Å². The van der Waals surface area contributed by atoms with Gasteiger partial charge in [0.1, 0.15) is 0 Å². The van der Waals surface area contributed by atoms with Gasteiger partial charge in [-0.25, -0.2) is 0 Å². The van der Waals surface area contributed by atoms with E-state index in [2.05, 4.69) is 0 Å². The van der Waals surface area contributed by atoms with Gasteiger partial charge in [-0.1, -0.05) is 19.3 Å². The van der Waals surface area contributed by atoms with Crippen LogP contribution in [0.2, 0.25) is 0 Å². The van der Waals surface area contributed by atoms with E-state index in [0.29, 0.717) is 19.4 Å². The molecule has 2 N–H and O–H groups in total. The fourth-order valence-corrected chi connectivity index (χ4v) is 3.10. The molecule has 0 amide bonds. The van der Waals surface area contributed by atoms with Crippen molar-refractivity contribution >= 4 is 5.97 Å².